The summed E-state index contributed by atoms with van der Waals surface area (Å²) in [6, 6.07) is 15.3. The molecular weight excluding hydrogens is 348 g/mol. The van der Waals surface area contributed by atoms with Gasteiger partial charge in [-0.1, -0.05) is 42.8 Å². The highest BCUT2D eigenvalue weighted by Crippen LogP contribution is 2.31. The van der Waals surface area contributed by atoms with Crippen LogP contribution in [0.1, 0.15) is 6.92 Å². The number of amides is 1. The van der Waals surface area contributed by atoms with Gasteiger partial charge in [0.15, 0.2) is 5.82 Å². The first-order valence-electron chi connectivity index (χ1n) is 8.72. The van der Waals surface area contributed by atoms with Crippen molar-refractivity contribution >= 4 is 34.2 Å². The van der Waals surface area contributed by atoms with Crippen molar-refractivity contribution < 1.29 is 4.79 Å². The zero-order chi connectivity index (χ0) is 18.1. The third-order valence-electron chi connectivity index (χ3n) is 4.70. The van der Waals surface area contributed by atoms with Crippen molar-refractivity contribution in [2.24, 2.45) is 0 Å². The van der Waals surface area contributed by atoms with E-state index in [1.54, 1.807) is 4.90 Å². The highest BCUT2D eigenvalue weighted by Gasteiger charge is 2.27. The molecule has 0 radical (unpaired) electrons. The van der Waals surface area contributed by atoms with E-state index >= 15 is 0 Å². The Labute approximate surface area is 157 Å². The second-order valence-electron chi connectivity index (χ2n) is 6.28. The maximum absolute atomic E-state index is 12.7. The molecule has 1 aliphatic rings. The molecule has 2 heterocycles. The number of fused-ring (bicyclic) bond motifs is 1. The number of aromatic nitrogens is 2. The molecule has 1 aliphatic heterocycles. The number of hydrogen-bond donors (Lipinski definition) is 0. The van der Waals surface area contributed by atoms with Crippen molar-refractivity contribution in [1.82, 2.24) is 14.9 Å². The summed E-state index contributed by atoms with van der Waals surface area (Å²) in [5, 5.41) is 1.47. The number of halogens is 1. The van der Waals surface area contributed by atoms with Gasteiger partial charge in [0, 0.05) is 24.0 Å². The van der Waals surface area contributed by atoms with Gasteiger partial charge in [-0.2, -0.15) is 0 Å². The van der Waals surface area contributed by atoms with Crippen molar-refractivity contribution in [3.63, 3.8) is 0 Å². The van der Waals surface area contributed by atoms with Gasteiger partial charge in [0.2, 0.25) is 5.91 Å². The lowest BCUT2D eigenvalue weighted by Crippen LogP contribution is -2.50. The molecule has 0 N–H and O–H groups in total. The standard InChI is InChI=1S/C20H19ClN4O/c1-2-24-11-12-25(18(26)13-24)20-15-8-4-6-10-17(15)22-19(23-20)14-7-3-5-9-16(14)21/h3-10H,2,11-13H2,1H3. The van der Waals surface area contributed by atoms with Gasteiger partial charge < -0.3 is 0 Å². The Kier molecular flexibility index (Phi) is 4.57. The van der Waals surface area contributed by atoms with Crippen LogP contribution in [0.3, 0.4) is 0 Å². The molecule has 4 rings (SSSR count). The van der Waals surface area contributed by atoms with E-state index in [4.69, 9.17) is 16.6 Å². The summed E-state index contributed by atoms with van der Waals surface area (Å²) in [5.41, 5.74) is 1.57. The minimum atomic E-state index is 0.0621. The summed E-state index contributed by atoms with van der Waals surface area (Å²) in [6.45, 7) is 4.81. The molecule has 6 heteroatoms. The number of anilines is 1. The van der Waals surface area contributed by atoms with E-state index in [1.807, 2.05) is 48.5 Å². The number of carbonyl (C=O) groups excluding carboxylic acids is 1. The van der Waals surface area contributed by atoms with Gasteiger partial charge in [-0.25, -0.2) is 9.97 Å². The van der Waals surface area contributed by atoms with Crippen LogP contribution in [-0.4, -0.2) is 47.0 Å². The third-order valence-corrected chi connectivity index (χ3v) is 5.03. The topological polar surface area (TPSA) is 49.3 Å². The number of benzene rings is 2. The Morgan fingerprint density at radius 1 is 1.04 bits per heavy atom. The molecule has 0 unspecified atom stereocenters. The second kappa shape index (κ2) is 7.02. The van der Waals surface area contributed by atoms with Crippen LogP contribution < -0.4 is 4.90 Å². The van der Waals surface area contributed by atoms with Crippen LogP contribution in [0.25, 0.3) is 22.3 Å². The highest BCUT2D eigenvalue weighted by molar-refractivity contribution is 6.33. The second-order valence-corrected chi connectivity index (χ2v) is 6.69. The summed E-state index contributed by atoms with van der Waals surface area (Å²) in [6.07, 6.45) is 0. The molecule has 0 aliphatic carbocycles. The Morgan fingerprint density at radius 3 is 2.58 bits per heavy atom. The van der Waals surface area contributed by atoms with Gasteiger partial charge in [-0.05, 0) is 30.8 Å². The molecule has 132 valence electrons. The van der Waals surface area contributed by atoms with Gasteiger partial charge in [0.1, 0.15) is 5.82 Å². The molecule has 1 amide bonds. The summed E-state index contributed by atoms with van der Waals surface area (Å²) in [4.78, 5) is 26.1. The molecule has 5 nitrogen and oxygen atoms in total. The molecule has 2 aromatic carbocycles. The van der Waals surface area contributed by atoms with E-state index in [2.05, 4.69) is 16.8 Å². The number of nitrogens with zero attached hydrogens (tertiary/aromatic N) is 4. The van der Waals surface area contributed by atoms with Crippen molar-refractivity contribution in [2.45, 2.75) is 6.92 Å². The Bertz CT molecular complexity index is 975. The maximum atomic E-state index is 12.7. The van der Waals surface area contributed by atoms with E-state index in [0.29, 0.717) is 29.8 Å². The summed E-state index contributed by atoms with van der Waals surface area (Å²) in [5.74, 6) is 1.26. The molecule has 1 aromatic heterocycles. The lowest BCUT2D eigenvalue weighted by atomic mass is 10.1. The number of likely N-dealkylation sites (N-methyl/N-ethyl adjacent to an activating group) is 1. The van der Waals surface area contributed by atoms with Gasteiger partial charge in [-0.15, -0.1) is 0 Å². The SMILES string of the molecule is CCN1CCN(c2nc(-c3ccccc3Cl)nc3ccccc23)C(=O)C1. The first-order chi connectivity index (χ1) is 12.7. The van der Waals surface area contributed by atoms with Crippen LogP contribution in [0.4, 0.5) is 5.82 Å². The molecule has 1 fully saturated rings. The summed E-state index contributed by atoms with van der Waals surface area (Å²) >= 11 is 6.35. The zero-order valence-corrected chi connectivity index (χ0v) is 15.3. The number of hydrogen-bond acceptors (Lipinski definition) is 4. The van der Waals surface area contributed by atoms with E-state index < -0.39 is 0 Å². The quantitative estimate of drug-likeness (QED) is 0.710. The molecular formula is C20H19ClN4O. The fraction of sp³-hybridized carbons (Fsp3) is 0.250. The van der Waals surface area contributed by atoms with E-state index in [-0.39, 0.29) is 5.91 Å². The predicted octanol–water partition coefficient (Wildman–Crippen LogP) is 3.62. The molecule has 0 bridgehead atoms. The van der Waals surface area contributed by atoms with Crippen LogP contribution >= 0.6 is 11.6 Å². The van der Waals surface area contributed by atoms with E-state index in [9.17, 15) is 4.79 Å². The Balaban J connectivity index is 1.86. The lowest BCUT2D eigenvalue weighted by Gasteiger charge is -2.33. The van der Waals surface area contributed by atoms with Crippen LogP contribution in [0.5, 0.6) is 0 Å². The first kappa shape index (κ1) is 16.9. The van der Waals surface area contributed by atoms with Gasteiger partial charge in [-0.3, -0.25) is 14.6 Å². The fourth-order valence-corrected chi connectivity index (χ4v) is 3.46. The van der Waals surface area contributed by atoms with Gasteiger partial charge in [0.25, 0.3) is 0 Å². The van der Waals surface area contributed by atoms with Crippen molar-refractivity contribution in [3.05, 3.63) is 53.6 Å². The van der Waals surface area contributed by atoms with E-state index in [1.165, 1.54) is 0 Å². The molecule has 0 spiro atoms. The van der Waals surface area contributed by atoms with Crippen LogP contribution in [-0.2, 0) is 4.79 Å². The molecule has 3 aromatic rings. The number of piperazine rings is 1. The number of rotatable bonds is 3. The third kappa shape index (κ3) is 3.04. The van der Waals surface area contributed by atoms with Crippen molar-refractivity contribution in [1.29, 1.82) is 0 Å². The smallest absolute Gasteiger partial charge is 0.242 e. The molecule has 1 saturated heterocycles. The molecule has 26 heavy (non-hydrogen) atoms. The molecule has 0 atom stereocenters. The average molecular weight is 367 g/mol. The summed E-state index contributed by atoms with van der Waals surface area (Å²) in [7, 11) is 0. The number of para-hydroxylation sites is 1. The first-order valence-corrected chi connectivity index (χ1v) is 9.09. The van der Waals surface area contributed by atoms with Crippen LogP contribution in [0.2, 0.25) is 5.02 Å². The number of carbonyl (C=O) groups is 1. The monoisotopic (exact) mass is 366 g/mol. The van der Waals surface area contributed by atoms with Gasteiger partial charge in [0.05, 0.1) is 17.1 Å². The van der Waals surface area contributed by atoms with Crippen LogP contribution in [0, 0.1) is 0 Å². The minimum Gasteiger partial charge on any atom is -0.294 e. The Hall–Kier alpha value is -2.50. The van der Waals surface area contributed by atoms with Crippen LogP contribution in [0.15, 0.2) is 48.5 Å². The summed E-state index contributed by atoms with van der Waals surface area (Å²) < 4.78 is 0. The van der Waals surface area contributed by atoms with Crippen molar-refractivity contribution in [2.75, 3.05) is 31.1 Å². The lowest BCUT2D eigenvalue weighted by molar-refractivity contribution is -0.121. The van der Waals surface area contributed by atoms with Crippen molar-refractivity contribution in [3.8, 4) is 11.4 Å². The predicted molar refractivity (Wildman–Crippen MR) is 104 cm³/mol. The average Bonchev–Trinajstić information content (AvgIpc) is 2.67. The largest absolute Gasteiger partial charge is 0.294 e. The fourth-order valence-electron chi connectivity index (χ4n) is 3.24. The molecule has 0 saturated carbocycles. The maximum Gasteiger partial charge on any atom is 0.242 e. The Morgan fingerprint density at radius 2 is 1.81 bits per heavy atom. The zero-order valence-electron chi connectivity index (χ0n) is 14.5. The normalized spacial score (nSPS) is 15.6. The van der Waals surface area contributed by atoms with Gasteiger partial charge >= 0.3 is 0 Å². The minimum absolute atomic E-state index is 0.0621. The van der Waals surface area contributed by atoms with E-state index in [0.717, 1.165) is 29.6 Å². The highest BCUT2D eigenvalue weighted by atomic mass is 35.5.